The average molecular weight is 241 g/mol. The molecule has 0 aromatic heterocycles. The van der Waals surface area contributed by atoms with Crippen LogP contribution in [0.5, 0.6) is 5.75 Å². The number of carbonyl (C=O) groups is 1. The lowest BCUT2D eigenvalue weighted by atomic mass is 10.3. The fraction of sp³-hybridized carbons (Fsp3) is 0.250. The van der Waals surface area contributed by atoms with E-state index in [4.69, 9.17) is 16.3 Å². The Labute approximate surface area is 99.6 Å². The Morgan fingerprint density at radius 3 is 2.88 bits per heavy atom. The lowest BCUT2D eigenvalue weighted by molar-refractivity contribution is -0.136. The van der Waals surface area contributed by atoms with Gasteiger partial charge in [-0.05, 0) is 31.2 Å². The summed E-state index contributed by atoms with van der Waals surface area (Å²) in [5.74, 6) is 0.316. The molecule has 86 valence electrons. The quantitative estimate of drug-likeness (QED) is 0.600. The third kappa shape index (κ3) is 3.95. The van der Waals surface area contributed by atoms with Gasteiger partial charge < -0.3 is 9.47 Å². The van der Waals surface area contributed by atoms with Crippen LogP contribution in [-0.4, -0.2) is 19.7 Å². The smallest absolute Gasteiger partial charge is 0.333 e. The lowest BCUT2D eigenvalue weighted by Gasteiger charge is -2.04. The van der Waals surface area contributed by atoms with Gasteiger partial charge in [0, 0.05) is 10.6 Å². The van der Waals surface area contributed by atoms with Crippen molar-refractivity contribution in [3.63, 3.8) is 0 Å². The summed E-state index contributed by atoms with van der Waals surface area (Å²) in [6.07, 6.45) is 1.66. The van der Waals surface area contributed by atoms with Crippen molar-refractivity contribution in [2.75, 3.05) is 13.7 Å². The third-order valence-electron chi connectivity index (χ3n) is 1.94. The first-order chi connectivity index (χ1) is 7.63. The highest BCUT2D eigenvalue weighted by Crippen LogP contribution is 2.17. The molecule has 0 heterocycles. The van der Waals surface area contributed by atoms with Crippen LogP contribution >= 0.6 is 11.6 Å². The Kier molecular flexibility index (Phi) is 4.86. The topological polar surface area (TPSA) is 35.5 Å². The number of hydrogen-bond donors (Lipinski definition) is 0. The molecule has 0 aliphatic heterocycles. The van der Waals surface area contributed by atoms with Crippen molar-refractivity contribution < 1.29 is 14.3 Å². The molecule has 1 aromatic rings. The number of ether oxygens (including phenoxy) is 2. The zero-order chi connectivity index (χ0) is 12.0. The number of methoxy groups -OCH3 is 1. The Hall–Kier alpha value is -1.48. The first-order valence-electron chi connectivity index (χ1n) is 4.77. The van der Waals surface area contributed by atoms with Crippen LogP contribution in [0.15, 0.2) is 35.9 Å². The summed E-state index contributed by atoms with van der Waals surface area (Å²) < 4.78 is 9.93. The predicted molar refractivity (Wildman–Crippen MR) is 62.7 cm³/mol. The maximum Gasteiger partial charge on any atom is 0.333 e. The summed E-state index contributed by atoms with van der Waals surface area (Å²) in [4.78, 5) is 11.0. The highest BCUT2D eigenvalue weighted by Gasteiger charge is 2.01. The van der Waals surface area contributed by atoms with E-state index in [1.165, 1.54) is 7.11 Å². The molecule has 0 unspecified atom stereocenters. The molecule has 0 bridgehead atoms. The number of carbonyl (C=O) groups excluding carboxylic acids is 1. The summed E-state index contributed by atoms with van der Waals surface area (Å²) in [5.41, 5.74) is 0.518. The van der Waals surface area contributed by atoms with Crippen molar-refractivity contribution in [3.05, 3.63) is 40.9 Å². The molecule has 0 spiro atoms. The van der Waals surface area contributed by atoms with Gasteiger partial charge in [0.05, 0.1) is 7.11 Å². The monoisotopic (exact) mass is 240 g/mol. The molecule has 1 rings (SSSR count). The Bertz CT molecular complexity index is 399. The van der Waals surface area contributed by atoms with Crippen molar-refractivity contribution in [1.29, 1.82) is 0 Å². The Morgan fingerprint density at radius 2 is 2.25 bits per heavy atom. The van der Waals surface area contributed by atoms with Crippen LogP contribution in [0.25, 0.3) is 0 Å². The van der Waals surface area contributed by atoms with Gasteiger partial charge >= 0.3 is 5.97 Å². The predicted octanol–water partition coefficient (Wildman–Crippen LogP) is 2.84. The minimum atomic E-state index is -0.352. The summed E-state index contributed by atoms with van der Waals surface area (Å²) >= 11 is 5.79. The van der Waals surface area contributed by atoms with Gasteiger partial charge in [0.1, 0.15) is 12.4 Å². The van der Waals surface area contributed by atoms with Crippen molar-refractivity contribution in [3.8, 4) is 5.75 Å². The van der Waals surface area contributed by atoms with E-state index in [-0.39, 0.29) is 5.97 Å². The largest absolute Gasteiger partial charge is 0.489 e. The molecule has 0 atom stereocenters. The maximum absolute atomic E-state index is 11.0. The van der Waals surface area contributed by atoms with E-state index < -0.39 is 0 Å². The lowest BCUT2D eigenvalue weighted by Crippen LogP contribution is -2.04. The minimum absolute atomic E-state index is 0.307. The van der Waals surface area contributed by atoms with Crippen LogP contribution in [0.2, 0.25) is 5.02 Å². The van der Waals surface area contributed by atoms with Gasteiger partial charge in [0.15, 0.2) is 0 Å². The fourth-order valence-electron chi connectivity index (χ4n) is 1.06. The number of esters is 1. The normalized spacial score (nSPS) is 11.1. The molecule has 0 amide bonds. The van der Waals surface area contributed by atoms with Crippen LogP contribution in [0.1, 0.15) is 6.92 Å². The maximum atomic E-state index is 11.0. The van der Waals surface area contributed by atoms with E-state index in [1.807, 2.05) is 0 Å². The van der Waals surface area contributed by atoms with E-state index in [9.17, 15) is 4.79 Å². The zero-order valence-electron chi connectivity index (χ0n) is 9.20. The second-order valence-electron chi connectivity index (χ2n) is 3.15. The average Bonchev–Trinajstić information content (AvgIpc) is 2.28. The molecule has 4 heteroatoms. The van der Waals surface area contributed by atoms with E-state index in [1.54, 1.807) is 37.3 Å². The summed E-state index contributed by atoms with van der Waals surface area (Å²) in [6, 6.07) is 7.08. The van der Waals surface area contributed by atoms with E-state index >= 15 is 0 Å². The molecular weight excluding hydrogens is 228 g/mol. The van der Waals surface area contributed by atoms with Gasteiger partial charge in [0.25, 0.3) is 0 Å². The second-order valence-corrected chi connectivity index (χ2v) is 3.58. The molecule has 0 aliphatic rings. The van der Waals surface area contributed by atoms with Gasteiger partial charge in [-0.25, -0.2) is 4.79 Å². The minimum Gasteiger partial charge on any atom is -0.489 e. The number of benzene rings is 1. The zero-order valence-corrected chi connectivity index (χ0v) is 9.95. The van der Waals surface area contributed by atoms with E-state index in [2.05, 4.69) is 4.74 Å². The molecule has 0 saturated carbocycles. The highest BCUT2D eigenvalue weighted by molar-refractivity contribution is 6.30. The summed E-state index contributed by atoms with van der Waals surface area (Å²) in [7, 11) is 1.34. The number of hydrogen-bond acceptors (Lipinski definition) is 3. The third-order valence-corrected chi connectivity index (χ3v) is 2.18. The van der Waals surface area contributed by atoms with Crippen LogP contribution in [0, 0.1) is 0 Å². The van der Waals surface area contributed by atoms with Crippen molar-refractivity contribution in [2.45, 2.75) is 6.92 Å². The van der Waals surface area contributed by atoms with Gasteiger partial charge in [-0.3, -0.25) is 0 Å². The molecule has 0 N–H and O–H groups in total. The summed E-state index contributed by atoms with van der Waals surface area (Å²) in [6.45, 7) is 1.98. The molecule has 16 heavy (non-hydrogen) atoms. The van der Waals surface area contributed by atoms with Crippen molar-refractivity contribution in [2.24, 2.45) is 0 Å². The molecule has 0 saturated heterocycles. The standard InChI is InChI=1S/C12H13ClO3/c1-9(12(14)15-2)6-7-16-11-5-3-4-10(13)8-11/h3-6,8H,7H2,1-2H3. The van der Waals surface area contributed by atoms with Gasteiger partial charge in [-0.1, -0.05) is 17.7 Å². The molecular formula is C12H13ClO3. The van der Waals surface area contributed by atoms with E-state index in [0.717, 1.165) is 0 Å². The van der Waals surface area contributed by atoms with Crippen LogP contribution in [-0.2, 0) is 9.53 Å². The molecule has 3 nitrogen and oxygen atoms in total. The number of halogens is 1. The molecule has 0 fully saturated rings. The van der Waals surface area contributed by atoms with Gasteiger partial charge in [-0.2, -0.15) is 0 Å². The first kappa shape index (κ1) is 12.6. The highest BCUT2D eigenvalue weighted by atomic mass is 35.5. The molecule has 0 aliphatic carbocycles. The van der Waals surface area contributed by atoms with Crippen molar-refractivity contribution >= 4 is 17.6 Å². The SMILES string of the molecule is COC(=O)C(C)=CCOc1cccc(Cl)c1. The summed E-state index contributed by atoms with van der Waals surface area (Å²) in [5, 5.41) is 0.617. The second kappa shape index (κ2) is 6.18. The van der Waals surface area contributed by atoms with Crippen LogP contribution in [0.3, 0.4) is 0 Å². The van der Waals surface area contributed by atoms with Crippen LogP contribution < -0.4 is 4.74 Å². The first-order valence-corrected chi connectivity index (χ1v) is 5.14. The molecule has 1 aromatic carbocycles. The Balaban J connectivity index is 2.50. The number of rotatable bonds is 4. The van der Waals surface area contributed by atoms with Gasteiger partial charge in [0.2, 0.25) is 0 Å². The Morgan fingerprint density at radius 1 is 1.50 bits per heavy atom. The molecule has 0 radical (unpaired) electrons. The van der Waals surface area contributed by atoms with Gasteiger partial charge in [-0.15, -0.1) is 0 Å². The van der Waals surface area contributed by atoms with Crippen LogP contribution in [0.4, 0.5) is 0 Å². The fourth-order valence-corrected chi connectivity index (χ4v) is 1.24. The van der Waals surface area contributed by atoms with E-state index in [0.29, 0.717) is 23.0 Å². The van der Waals surface area contributed by atoms with Crippen molar-refractivity contribution in [1.82, 2.24) is 0 Å².